The number of hydrogen-bond acceptors (Lipinski definition) is 9. The molecule has 0 aliphatic rings. The molecule has 0 aliphatic carbocycles. The minimum absolute atomic E-state index is 0. The summed E-state index contributed by atoms with van der Waals surface area (Å²) in [5.74, 6) is 0. The molecule has 0 saturated heterocycles. The molecule has 0 saturated carbocycles. The van der Waals surface area contributed by atoms with Gasteiger partial charge < -0.3 is 36.2 Å². The largest absolute Gasteiger partial charge is 3.00 e. The van der Waals surface area contributed by atoms with Crippen molar-refractivity contribution in [3.8, 4) is 0 Å². The van der Waals surface area contributed by atoms with Gasteiger partial charge in [0.25, 0.3) is 0 Å². The van der Waals surface area contributed by atoms with Crippen LogP contribution in [-0.4, -0.2) is 40.2 Å². The normalized spacial score (nSPS) is 5.08. The summed E-state index contributed by atoms with van der Waals surface area (Å²) in [5.41, 5.74) is 0. The van der Waals surface area contributed by atoms with Crippen LogP contribution >= 0.6 is 0 Å². The van der Waals surface area contributed by atoms with E-state index >= 15 is 0 Å². The fraction of sp³-hybridized carbons (Fsp3) is 0. The van der Waals surface area contributed by atoms with Crippen LogP contribution in [0.4, 0.5) is 9.59 Å². The van der Waals surface area contributed by atoms with Crippen LogP contribution in [-0.2, 0) is 5.04 Å². The summed E-state index contributed by atoms with van der Waals surface area (Å²) >= 11 is 0. The third-order valence-electron chi connectivity index (χ3n) is 0. The first-order valence-corrected chi connectivity index (χ1v) is 1.59. The number of rotatable bonds is 0. The van der Waals surface area contributed by atoms with E-state index in [1.807, 2.05) is 0 Å². The molecule has 0 aromatic rings. The van der Waals surface area contributed by atoms with Gasteiger partial charge in [0, 0.05) is 0 Å². The van der Waals surface area contributed by atoms with Crippen molar-refractivity contribution in [3.05, 3.63) is 0 Å². The zero-order chi connectivity index (χ0) is 9.86. The molecule has 0 atom stereocenters. The molecular weight excluding hydrogens is 209 g/mol. The summed E-state index contributed by atoms with van der Waals surface area (Å²) in [6.45, 7) is 0. The van der Waals surface area contributed by atoms with E-state index in [1.165, 1.54) is 0 Å². The van der Waals surface area contributed by atoms with Gasteiger partial charge >= 0.3 is 17.4 Å². The second-order valence-corrected chi connectivity index (χ2v) is 0.582. The maximum Gasteiger partial charge on any atom is 3.00 e. The Morgan fingerprint density at radius 1 is 0.923 bits per heavy atom. The number of carboxylic acid groups (broad SMARTS) is 4. The molecule has 0 heterocycles. The quantitative estimate of drug-likeness (QED) is 0.200. The first kappa shape index (κ1) is 29.7. The van der Waals surface area contributed by atoms with Gasteiger partial charge in [-0.25, -0.2) is 10.5 Å². The van der Waals surface area contributed by atoms with Gasteiger partial charge in [-0.15, -0.1) is 0 Å². The zero-order valence-electron chi connectivity index (χ0n) is 6.33. The predicted octanol–water partition coefficient (Wildman–Crippen LogP) is -4.95. The maximum absolute atomic E-state index is 8.33. The van der Waals surface area contributed by atoms with Crippen molar-refractivity contribution in [2.75, 3.05) is 0 Å². The van der Waals surface area contributed by atoms with Crippen LogP contribution in [0.25, 0.3) is 0 Å². The van der Waals surface area contributed by atoms with Crippen molar-refractivity contribution in [3.63, 3.8) is 0 Å². The van der Waals surface area contributed by atoms with Crippen molar-refractivity contribution in [2.45, 2.75) is 0 Å². The molecule has 13 heavy (non-hydrogen) atoms. The Balaban J connectivity index is -0.0000000231. The molecule has 0 unspecified atom stereocenters. The smallest absolute Gasteiger partial charge is 0.652 e. The molecule has 76 valence electrons. The molecule has 11 heteroatoms. The van der Waals surface area contributed by atoms with E-state index in [0.717, 1.165) is 0 Å². The molecule has 0 bridgehead atoms. The number of hydrogen-bond donors (Lipinski definition) is 3. The Labute approximate surface area is 82.2 Å². The van der Waals surface area contributed by atoms with E-state index in [-0.39, 0.29) is 23.5 Å². The Kier molecular flexibility index (Phi) is 70.0. The van der Waals surface area contributed by atoms with E-state index in [4.69, 9.17) is 40.5 Å². The third-order valence-corrected chi connectivity index (χ3v) is 0. The number of carbonyl (C=O) groups excluding carboxylic acids is 2. The zero-order valence-corrected chi connectivity index (χ0v) is 7.48. The van der Waals surface area contributed by atoms with Crippen LogP contribution in [0.3, 0.4) is 0 Å². The summed E-state index contributed by atoms with van der Waals surface area (Å²) in [6.07, 6.45) is -4.67. The molecule has 0 rings (SSSR count). The molecule has 0 aromatic carbocycles. The number of quaternary nitrogens is 1. The Hall–Kier alpha value is -1.09. The van der Waals surface area contributed by atoms with Crippen LogP contribution in [0.1, 0.15) is 0 Å². The topological polar surface area (TPSA) is 213 Å². The van der Waals surface area contributed by atoms with Gasteiger partial charge in [0.1, 0.15) is 0 Å². The number of carbonyl (C=O) groups is 2. The Morgan fingerprint density at radius 2 is 0.923 bits per heavy atom. The summed E-state index contributed by atoms with van der Waals surface area (Å²) < 4.78 is 0. The van der Waals surface area contributed by atoms with E-state index in [9.17, 15) is 0 Å². The van der Waals surface area contributed by atoms with Gasteiger partial charge in [0.15, 0.2) is 0 Å². The van der Waals surface area contributed by atoms with E-state index < -0.39 is 12.3 Å². The fourth-order valence-electron chi connectivity index (χ4n) is 0. The monoisotopic (exact) mass is 215 g/mol. The van der Waals surface area contributed by atoms with Crippen molar-refractivity contribution in [1.82, 2.24) is 6.15 Å². The fourth-order valence-corrected chi connectivity index (χ4v) is 0. The van der Waals surface area contributed by atoms with Gasteiger partial charge in [-0.3, -0.25) is 0 Å². The molecule has 0 fully saturated rings. The first-order valence-electron chi connectivity index (χ1n) is 1.59. The van der Waals surface area contributed by atoms with E-state index in [0.29, 0.717) is 0 Å². The van der Waals surface area contributed by atoms with E-state index in [2.05, 4.69) is 5.04 Å². The molecule has 0 aliphatic heterocycles. The van der Waals surface area contributed by atoms with Crippen LogP contribution in [0.15, 0.2) is 0 Å². The van der Waals surface area contributed by atoms with Crippen LogP contribution in [0.2, 0.25) is 0 Å². The standard InChI is InChI=1S/2CH2O3.Al.H3N.H2O3/c2*2-1(3)4;;;1-3-2/h2*(H2,2,3,4);;1H3;1-2H/q;;+3;;/p-3. The van der Waals surface area contributed by atoms with Gasteiger partial charge in [0.2, 0.25) is 0 Å². The summed E-state index contributed by atoms with van der Waals surface area (Å²) in [5, 5.41) is 48.8. The molecule has 0 spiro atoms. The minimum Gasteiger partial charge on any atom is -0.652 e. The van der Waals surface area contributed by atoms with Gasteiger partial charge in [-0.05, 0) is 12.3 Å². The Bertz CT molecular complexity index is 85.8. The molecule has 0 radical (unpaired) electrons. The molecular formula is C2H6AlNO9. The summed E-state index contributed by atoms with van der Waals surface area (Å²) in [4.78, 5) is 16.7. The van der Waals surface area contributed by atoms with Crippen LogP contribution in [0.5, 0.6) is 0 Å². The second kappa shape index (κ2) is 30.7. The average molecular weight is 215 g/mol. The van der Waals surface area contributed by atoms with Crippen molar-refractivity contribution < 1.29 is 45.6 Å². The maximum atomic E-state index is 8.33. The van der Waals surface area contributed by atoms with Crippen molar-refractivity contribution in [1.29, 1.82) is 0 Å². The predicted molar refractivity (Wildman–Crippen MR) is 28.9 cm³/mol. The summed E-state index contributed by atoms with van der Waals surface area (Å²) in [7, 11) is 0. The second-order valence-electron chi connectivity index (χ2n) is 0.582. The third kappa shape index (κ3) is 733. The van der Waals surface area contributed by atoms with Crippen molar-refractivity contribution in [2.24, 2.45) is 0 Å². The van der Waals surface area contributed by atoms with Crippen LogP contribution < -0.4 is 26.6 Å². The minimum atomic E-state index is -2.33. The van der Waals surface area contributed by atoms with Crippen molar-refractivity contribution >= 4 is 29.7 Å². The molecule has 10 nitrogen and oxygen atoms in total. The van der Waals surface area contributed by atoms with Gasteiger partial charge in [0.05, 0.1) is 0 Å². The molecule has 0 amide bonds. The first-order chi connectivity index (χ1) is 4.88. The SMILES string of the molecule is O=C([O-])[O-].O=C([O-])[O-].OOO.[Al+3].[NH4+]. The van der Waals surface area contributed by atoms with Gasteiger partial charge in [-0.2, -0.15) is 0 Å². The summed E-state index contributed by atoms with van der Waals surface area (Å²) in [6, 6.07) is 0. The van der Waals surface area contributed by atoms with Crippen LogP contribution in [0, 0.1) is 0 Å². The van der Waals surface area contributed by atoms with E-state index in [1.54, 1.807) is 0 Å². The Morgan fingerprint density at radius 3 is 0.923 bits per heavy atom. The molecule has 0 aromatic heterocycles. The molecule has 6 N–H and O–H groups in total. The average Bonchev–Trinajstić information content (AvgIpc) is 1.60. The van der Waals surface area contributed by atoms with Gasteiger partial charge in [-0.1, -0.05) is 5.04 Å².